The Morgan fingerprint density at radius 3 is 2.63 bits per heavy atom. The zero-order valence-electron chi connectivity index (χ0n) is 12.6. The van der Waals surface area contributed by atoms with Crippen LogP contribution in [0.2, 0.25) is 0 Å². The fourth-order valence-corrected chi connectivity index (χ4v) is 2.64. The summed E-state index contributed by atoms with van der Waals surface area (Å²) in [4.78, 5) is 11.1. The highest BCUT2D eigenvalue weighted by Gasteiger charge is 2.20. The molecule has 2 rings (SSSR count). The van der Waals surface area contributed by atoms with E-state index in [4.69, 9.17) is 0 Å². The Kier molecular flexibility index (Phi) is 4.75. The highest BCUT2D eigenvalue weighted by Crippen LogP contribution is 2.25. The van der Waals surface area contributed by atoms with Gasteiger partial charge < -0.3 is 10.2 Å². The lowest BCUT2D eigenvalue weighted by molar-refractivity contribution is 0.344. The molecule has 106 valence electrons. The fraction of sp³-hybridized carbons (Fsp3) is 0.733. The fourth-order valence-electron chi connectivity index (χ4n) is 2.64. The standard InChI is InChI=1S/C15H26N4/c1-11(2)14(9-19(3)4)18-15-12-7-5-6-8-13(12)16-10-17-15/h10-11,14H,5-9H2,1-4H3,(H,16,17,18). The smallest absolute Gasteiger partial charge is 0.133 e. The first-order valence-electron chi connectivity index (χ1n) is 7.32. The second kappa shape index (κ2) is 6.33. The Balaban J connectivity index is 2.17. The molecular formula is C15H26N4. The van der Waals surface area contributed by atoms with Crippen LogP contribution < -0.4 is 5.32 Å². The number of fused-ring (bicyclic) bond motifs is 1. The van der Waals surface area contributed by atoms with E-state index in [9.17, 15) is 0 Å². The molecule has 1 atom stereocenters. The van der Waals surface area contributed by atoms with Gasteiger partial charge in [-0.15, -0.1) is 0 Å². The third kappa shape index (κ3) is 3.66. The maximum absolute atomic E-state index is 4.48. The van der Waals surface area contributed by atoms with Crippen LogP contribution in [-0.2, 0) is 12.8 Å². The van der Waals surface area contributed by atoms with Crippen molar-refractivity contribution in [3.63, 3.8) is 0 Å². The number of hydrogen-bond donors (Lipinski definition) is 1. The zero-order valence-corrected chi connectivity index (χ0v) is 12.6. The summed E-state index contributed by atoms with van der Waals surface area (Å²) in [5.41, 5.74) is 2.59. The Hall–Kier alpha value is -1.16. The van der Waals surface area contributed by atoms with Gasteiger partial charge in [0.05, 0.1) is 0 Å². The summed E-state index contributed by atoms with van der Waals surface area (Å²) in [5.74, 6) is 1.64. The minimum Gasteiger partial charge on any atom is -0.365 e. The Morgan fingerprint density at radius 1 is 1.21 bits per heavy atom. The van der Waals surface area contributed by atoms with E-state index in [0.29, 0.717) is 12.0 Å². The molecule has 4 nitrogen and oxygen atoms in total. The van der Waals surface area contributed by atoms with Gasteiger partial charge in [-0.05, 0) is 45.7 Å². The number of likely N-dealkylation sites (N-methyl/N-ethyl adjacent to an activating group) is 1. The third-order valence-corrected chi connectivity index (χ3v) is 3.81. The molecule has 1 heterocycles. The molecule has 0 aliphatic heterocycles. The molecule has 0 saturated carbocycles. The van der Waals surface area contributed by atoms with Crippen molar-refractivity contribution in [3.05, 3.63) is 17.6 Å². The van der Waals surface area contributed by atoms with E-state index in [2.05, 4.69) is 48.1 Å². The van der Waals surface area contributed by atoms with E-state index in [1.807, 2.05) is 0 Å². The van der Waals surface area contributed by atoms with Crippen LogP contribution in [0.3, 0.4) is 0 Å². The summed E-state index contributed by atoms with van der Waals surface area (Å²) in [6.07, 6.45) is 6.45. The monoisotopic (exact) mass is 262 g/mol. The van der Waals surface area contributed by atoms with Gasteiger partial charge in [-0.25, -0.2) is 9.97 Å². The summed E-state index contributed by atoms with van der Waals surface area (Å²) in [5, 5.41) is 3.65. The SMILES string of the molecule is CC(C)C(CN(C)C)Nc1ncnc2c1CCCC2. The molecule has 4 heteroatoms. The molecule has 1 aliphatic carbocycles. The molecule has 0 amide bonds. The maximum Gasteiger partial charge on any atom is 0.133 e. The van der Waals surface area contributed by atoms with Crippen molar-refractivity contribution in [2.24, 2.45) is 5.92 Å². The van der Waals surface area contributed by atoms with Crippen LogP contribution >= 0.6 is 0 Å². The molecule has 0 fully saturated rings. The lowest BCUT2D eigenvalue weighted by Crippen LogP contribution is -2.37. The van der Waals surface area contributed by atoms with Crippen molar-refractivity contribution in [1.82, 2.24) is 14.9 Å². The van der Waals surface area contributed by atoms with Crippen LogP contribution in [0, 0.1) is 5.92 Å². The van der Waals surface area contributed by atoms with Gasteiger partial charge in [0.25, 0.3) is 0 Å². The topological polar surface area (TPSA) is 41.0 Å². The van der Waals surface area contributed by atoms with Gasteiger partial charge in [0.2, 0.25) is 0 Å². The molecule has 1 N–H and O–H groups in total. The lowest BCUT2D eigenvalue weighted by atomic mass is 9.95. The average molecular weight is 262 g/mol. The maximum atomic E-state index is 4.48. The summed E-state index contributed by atoms with van der Waals surface area (Å²) in [6.45, 7) is 5.54. The van der Waals surface area contributed by atoms with Crippen LogP contribution in [0.4, 0.5) is 5.82 Å². The molecule has 0 radical (unpaired) electrons. The Bertz CT molecular complexity index is 415. The number of anilines is 1. The van der Waals surface area contributed by atoms with Gasteiger partial charge in [-0.2, -0.15) is 0 Å². The van der Waals surface area contributed by atoms with E-state index >= 15 is 0 Å². The number of aryl methyl sites for hydroxylation is 1. The summed E-state index contributed by atoms with van der Waals surface area (Å²) in [6, 6.07) is 0.427. The number of aromatic nitrogens is 2. The van der Waals surface area contributed by atoms with Crippen molar-refractivity contribution in [3.8, 4) is 0 Å². The van der Waals surface area contributed by atoms with Gasteiger partial charge in [0.1, 0.15) is 12.1 Å². The largest absolute Gasteiger partial charge is 0.365 e. The molecular weight excluding hydrogens is 236 g/mol. The van der Waals surface area contributed by atoms with Crippen molar-refractivity contribution in [2.45, 2.75) is 45.6 Å². The van der Waals surface area contributed by atoms with Gasteiger partial charge >= 0.3 is 0 Å². The van der Waals surface area contributed by atoms with Crippen molar-refractivity contribution in [2.75, 3.05) is 26.0 Å². The predicted octanol–water partition coefficient (Wildman–Crippen LogP) is 2.35. The molecule has 1 aliphatic rings. The van der Waals surface area contributed by atoms with Crippen LogP contribution in [0.1, 0.15) is 37.9 Å². The molecule has 0 spiro atoms. The molecule has 1 unspecified atom stereocenters. The van der Waals surface area contributed by atoms with Crippen LogP contribution in [0.5, 0.6) is 0 Å². The van der Waals surface area contributed by atoms with Crippen molar-refractivity contribution >= 4 is 5.82 Å². The van der Waals surface area contributed by atoms with E-state index in [1.165, 1.54) is 24.1 Å². The van der Waals surface area contributed by atoms with E-state index in [-0.39, 0.29) is 0 Å². The third-order valence-electron chi connectivity index (χ3n) is 3.81. The van der Waals surface area contributed by atoms with Gasteiger partial charge in [-0.1, -0.05) is 13.8 Å². The Morgan fingerprint density at radius 2 is 1.95 bits per heavy atom. The van der Waals surface area contributed by atoms with Crippen molar-refractivity contribution < 1.29 is 0 Å². The lowest BCUT2D eigenvalue weighted by Gasteiger charge is -2.28. The normalized spacial score (nSPS) is 16.5. The molecule has 1 aromatic rings. The molecule has 19 heavy (non-hydrogen) atoms. The minimum absolute atomic E-state index is 0.427. The molecule has 0 bridgehead atoms. The Labute approximate surface area is 116 Å². The summed E-state index contributed by atoms with van der Waals surface area (Å²) >= 11 is 0. The zero-order chi connectivity index (χ0) is 13.8. The van der Waals surface area contributed by atoms with Crippen LogP contribution in [-0.4, -0.2) is 41.5 Å². The number of hydrogen-bond acceptors (Lipinski definition) is 4. The van der Waals surface area contributed by atoms with E-state index in [0.717, 1.165) is 25.2 Å². The highest BCUT2D eigenvalue weighted by molar-refractivity contribution is 5.47. The van der Waals surface area contributed by atoms with Crippen molar-refractivity contribution in [1.29, 1.82) is 0 Å². The van der Waals surface area contributed by atoms with E-state index in [1.54, 1.807) is 6.33 Å². The predicted molar refractivity (Wildman–Crippen MR) is 79.5 cm³/mol. The summed E-state index contributed by atoms with van der Waals surface area (Å²) < 4.78 is 0. The van der Waals surface area contributed by atoms with Gasteiger partial charge in [0, 0.05) is 23.8 Å². The van der Waals surface area contributed by atoms with Crippen LogP contribution in [0.15, 0.2) is 6.33 Å². The minimum atomic E-state index is 0.427. The molecule has 0 saturated heterocycles. The number of nitrogens with zero attached hydrogens (tertiary/aromatic N) is 3. The number of nitrogens with one attached hydrogen (secondary N) is 1. The van der Waals surface area contributed by atoms with Gasteiger partial charge in [-0.3, -0.25) is 0 Å². The first-order valence-corrected chi connectivity index (χ1v) is 7.32. The highest BCUT2D eigenvalue weighted by atomic mass is 15.1. The summed E-state index contributed by atoms with van der Waals surface area (Å²) in [7, 11) is 4.24. The molecule has 1 aromatic heterocycles. The first kappa shape index (κ1) is 14.3. The quantitative estimate of drug-likeness (QED) is 0.884. The first-order chi connectivity index (χ1) is 9.08. The van der Waals surface area contributed by atoms with E-state index < -0.39 is 0 Å². The average Bonchev–Trinajstić information content (AvgIpc) is 2.37. The van der Waals surface area contributed by atoms with Gasteiger partial charge in [0.15, 0.2) is 0 Å². The second-order valence-corrected chi connectivity index (χ2v) is 6.11. The number of rotatable bonds is 5. The molecule has 0 aromatic carbocycles. The second-order valence-electron chi connectivity index (χ2n) is 6.11. The van der Waals surface area contributed by atoms with Crippen LogP contribution in [0.25, 0.3) is 0 Å².